The molecule has 1 saturated heterocycles. The first-order valence-corrected chi connectivity index (χ1v) is 11.5. The van der Waals surface area contributed by atoms with Gasteiger partial charge in [0.05, 0.1) is 5.56 Å². The summed E-state index contributed by atoms with van der Waals surface area (Å²) < 4.78 is 57.0. The third kappa shape index (κ3) is 7.37. The van der Waals surface area contributed by atoms with Crippen LogP contribution in [0.2, 0.25) is 0 Å². The lowest BCUT2D eigenvalue weighted by atomic mass is 10.1. The lowest BCUT2D eigenvalue weighted by Crippen LogP contribution is -2.48. The van der Waals surface area contributed by atoms with Gasteiger partial charge in [-0.2, -0.15) is 13.2 Å². The molecule has 4 nitrogen and oxygen atoms in total. The molecule has 180 valence electrons. The molecule has 0 atom stereocenters. The molecule has 3 rings (SSSR count). The van der Waals surface area contributed by atoms with Gasteiger partial charge in [0.2, 0.25) is 0 Å². The summed E-state index contributed by atoms with van der Waals surface area (Å²) in [4.78, 5) is 17.4. The van der Waals surface area contributed by atoms with Crippen LogP contribution in [0.25, 0.3) is 0 Å². The second-order valence-corrected chi connectivity index (χ2v) is 10.8. The van der Waals surface area contributed by atoms with Crippen molar-refractivity contribution < 1.29 is 27.1 Å². The van der Waals surface area contributed by atoms with Crippen molar-refractivity contribution in [2.75, 3.05) is 26.2 Å². The summed E-state index contributed by atoms with van der Waals surface area (Å²) in [5.74, 6) is -1.38. The normalized spacial score (nSPS) is 15.5. The Morgan fingerprint density at radius 3 is 2.30 bits per heavy atom. The number of carbonyl (C=O) groups excluding carboxylic acids is 1. The van der Waals surface area contributed by atoms with E-state index in [9.17, 15) is 22.4 Å². The summed E-state index contributed by atoms with van der Waals surface area (Å²) in [5, 5.41) is 0. The summed E-state index contributed by atoms with van der Waals surface area (Å²) in [6, 6.07) is 10.8. The number of piperazine rings is 1. The number of benzene rings is 2. The molecule has 0 aromatic heterocycles. The molecule has 1 amide bonds. The molecule has 1 fully saturated rings. The number of amides is 1. The van der Waals surface area contributed by atoms with E-state index in [0.29, 0.717) is 32.2 Å². The van der Waals surface area contributed by atoms with Crippen molar-refractivity contribution in [3.8, 4) is 0 Å². The largest absolute Gasteiger partial charge is 0.445 e. The Hall–Kier alpha value is -2.26. The van der Waals surface area contributed by atoms with Crippen molar-refractivity contribution in [2.24, 2.45) is 0 Å². The highest BCUT2D eigenvalue weighted by Gasteiger charge is 2.34. The lowest BCUT2D eigenvalue weighted by Gasteiger charge is -2.34. The van der Waals surface area contributed by atoms with Gasteiger partial charge >= 0.3 is 12.3 Å². The van der Waals surface area contributed by atoms with Crippen LogP contribution >= 0.6 is 11.8 Å². The van der Waals surface area contributed by atoms with Crippen LogP contribution in [0, 0.1) is 5.82 Å². The van der Waals surface area contributed by atoms with Crippen molar-refractivity contribution in [3.63, 3.8) is 0 Å². The first-order chi connectivity index (χ1) is 15.4. The minimum Gasteiger partial charge on any atom is -0.445 e. The highest BCUT2D eigenvalue weighted by molar-refractivity contribution is 8.00. The summed E-state index contributed by atoms with van der Waals surface area (Å²) in [5.41, 5.74) is 0.0781. The van der Waals surface area contributed by atoms with E-state index in [1.54, 1.807) is 4.90 Å². The Morgan fingerprint density at radius 1 is 1.03 bits per heavy atom. The van der Waals surface area contributed by atoms with Gasteiger partial charge in [-0.25, -0.2) is 9.18 Å². The number of nitrogens with zero attached hydrogens (tertiary/aromatic N) is 2. The lowest BCUT2D eigenvalue weighted by molar-refractivity contribution is -0.140. The molecule has 0 spiro atoms. The van der Waals surface area contributed by atoms with Crippen molar-refractivity contribution in [1.82, 2.24) is 9.80 Å². The maximum atomic E-state index is 13.7. The average Bonchev–Trinajstić information content (AvgIpc) is 2.72. The Labute approximate surface area is 195 Å². The summed E-state index contributed by atoms with van der Waals surface area (Å²) in [6.45, 7) is 9.35. The Balaban J connectivity index is 1.50. The Bertz CT molecular complexity index is 968. The highest BCUT2D eigenvalue weighted by Crippen LogP contribution is 2.35. The fraction of sp³-hybridized carbons (Fsp3) is 0.458. The van der Waals surface area contributed by atoms with Gasteiger partial charge < -0.3 is 9.64 Å². The predicted molar refractivity (Wildman–Crippen MR) is 120 cm³/mol. The molecule has 2 aromatic rings. The van der Waals surface area contributed by atoms with Crippen molar-refractivity contribution in [3.05, 3.63) is 65.0 Å². The van der Waals surface area contributed by atoms with Gasteiger partial charge in [-0.15, -0.1) is 11.8 Å². The summed E-state index contributed by atoms with van der Waals surface area (Å²) in [7, 11) is 0. The number of thioether (sulfide) groups is 1. The quantitative estimate of drug-likeness (QED) is 0.374. The molecule has 1 aliphatic heterocycles. The highest BCUT2D eigenvalue weighted by atomic mass is 32.2. The van der Waals surface area contributed by atoms with Gasteiger partial charge in [-0.3, -0.25) is 4.90 Å². The molecule has 0 N–H and O–H groups in total. The third-order valence-electron chi connectivity index (χ3n) is 5.11. The molecule has 9 heteroatoms. The number of hydrogen-bond donors (Lipinski definition) is 0. The first-order valence-electron chi connectivity index (χ1n) is 10.7. The average molecular weight is 485 g/mol. The number of alkyl halides is 3. The minimum absolute atomic E-state index is 0.106. The number of halogens is 4. The van der Waals surface area contributed by atoms with Crippen molar-refractivity contribution >= 4 is 17.9 Å². The van der Waals surface area contributed by atoms with Crippen LogP contribution in [0.3, 0.4) is 0 Å². The van der Waals surface area contributed by atoms with Gasteiger partial charge in [0.15, 0.2) is 0 Å². The molecule has 0 bridgehead atoms. The van der Waals surface area contributed by atoms with E-state index in [1.165, 1.54) is 10.5 Å². The molecule has 1 aliphatic rings. The van der Waals surface area contributed by atoms with Crippen LogP contribution in [0.1, 0.15) is 37.5 Å². The van der Waals surface area contributed by atoms with E-state index in [4.69, 9.17) is 4.74 Å². The summed E-state index contributed by atoms with van der Waals surface area (Å²) in [6.07, 6.45) is -5.32. The molecule has 33 heavy (non-hydrogen) atoms. The third-order valence-corrected chi connectivity index (χ3v) is 6.34. The Kier molecular flexibility index (Phi) is 7.95. The molecule has 0 radical (unpaired) electrons. The number of ether oxygens (including phenoxy) is 1. The van der Waals surface area contributed by atoms with Crippen molar-refractivity contribution in [1.29, 1.82) is 0 Å². The smallest absolute Gasteiger partial charge is 0.419 e. The van der Waals surface area contributed by atoms with Gasteiger partial charge in [0, 0.05) is 42.4 Å². The summed E-state index contributed by atoms with van der Waals surface area (Å²) >= 11 is 1.83. The van der Waals surface area contributed by atoms with Gasteiger partial charge in [0.25, 0.3) is 0 Å². The topological polar surface area (TPSA) is 32.8 Å². The maximum Gasteiger partial charge on any atom is 0.419 e. The van der Waals surface area contributed by atoms with Gasteiger partial charge in [-0.05, 0) is 29.3 Å². The molecular formula is C24H28F4N2O2S. The van der Waals surface area contributed by atoms with Crippen LogP contribution in [-0.4, -0.2) is 46.8 Å². The molecule has 0 unspecified atom stereocenters. The molecule has 0 saturated carbocycles. The van der Waals surface area contributed by atoms with E-state index in [0.717, 1.165) is 18.7 Å². The fourth-order valence-electron chi connectivity index (χ4n) is 3.51. The number of carbonyl (C=O) groups is 1. The zero-order valence-electron chi connectivity index (χ0n) is 18.9. The van der Waals surface area contributed by atoms with Crippen LogP contribution < -0.4 is 0 Å². The number of hydrogen-bond acceptors (Lipinski definition) is 4. The SMILES string of the molecule is CC(C)(C)Sc1ccccc1CN1CCN(C(=O)OCc2ccc(C(F)(F)F)c(F)c2)CC1. The van der Waals surface area contributed by atoms with Crippen LogP contribution in [0.4, 0.5) is 22.4 Å². The second-order valence-electron chi connectivity index (χ2n) is 8.95. The predicted octanol–water partition coefficient (Wildman–Crippen LogP) is 6.19. The molecule has 2 aromatic carbocycles. The molecule has 1 heterocycles. The van der Waals surface area contributed by atoms with Crippen LogP contribution in [-0.2, 0) is 24.1 Å². The standard InChI is InChI=1S/C24H28F4N2O2S/c1-23(2,3)33-21-7-5-4-6-18(21)15-29-10-12-30(13-11-29)22(31)32-16-17-8-9-19(20(25)14-17)24(26,27)28/h4-9,14H,10-13,15-16H2,1-3H3. The van der Waals surface area contributed by atoms with Crippen LogP contribution in [0.15, 0.2) is 47.4 Å². The van der Waals surface area contributed by atoms with E-state index < -0.39 is 23.7 Å². The number of rotatable bonds is 5. The van der Waals surface area contributed by atoms with Gasteiger partial charge in [-0.1, -0.05) is 45.0 Å². The minimum atomic E-state index is -4.76. The fourth-order valence-corrected chi connectivity index (χ4v) is 4.58. The van der Waals surface area contributed by atoms with E-state index >= 15 is 0 Å². The zero-order valence-corrected chi connectivity index (χ0v) is 19.7. The van der Waals surface area contributed by atoms with E-state index in [1.807, 2.05) is 23.9 Å². The van der Waals surface area contributed by atoms with Crippen LogP contribution in [0.5, 0.6) is 0 Å². The first kappa shape index (κ1) is 25.4. The monoisotopic (exact) mass is 484 g/mol. The van der Waals surface area contributed by atoms with E-state index in [-0.39, 0.29) is 16.9 Å². The molecule has 0 aliphatic carbocycles. The van der Waals surface area contributed by atoms with E-state index in [2.05, 4.69) is 37.8 Å². The maximum absolute atomic E-state index is 13.7. The molecular weight excluding hydrogens is 456 g/mol. The van der Waals surface area contributed by atoms with Gasteiger partial charge in [0.1, 0.15) is 12.4 Å². The Morgan fingerprint density at radius 2 is 1.70 bits per heavy atom. The zero-order chi connectivity index (χ0) is 24.2. The second kappa shape index (κ2) is 10.3. The van der Waals surface area contributed by atoms with Crippen molar-refractivity contribution in [2.45, 2.75) is 49.7 Å².